The highest BCUT2D eigenvalue weighted by atomic mass is 15.1. The summed E-state index contributed by atoms with van der Waals surface area (Å²) >= 11 is 0. The van der Waals surface area contributed by atoms with Gasteiger partial charge in [0.25, 0.3) is 0 Å². The maximum atomic E-state index is 9.35. The first-order valence-electron chi connectivity index (χ1n) is 9.30. The van der Waals surface area contributed by atoms with Crippen LogP contribution >= 0.6 is 0 Å². The molecule has 0 radical (unpaired) electrons. The number of anilines is 3. The third kappa shape index (κ3) is 4.57. The summed E-state index contributed by atoms with van der Waals surface area (Å²) in [6, 6.07) is 31.5. The van der Waals surface area contributed by atoms with Gasteiger partial charge in [-0.05, 0) is 17.7 Å². The van der Waals surface area contributed by atoms with Crippen LogP contribution in [0.2, 0.25) is 0 Å². The minimum Gasteiger partial charge on any atom is -0.366 e. The number of rotatable bonds is 6. The van der Waals surface area contributed by atoms with Crippen LogP contribution in [0.25, 0.3) is 11.3 Å². The Bertz CT molecular complexity index is 1130. The van der Waals surface area contributed by atoms with Gasteiger partial charge in [0, 0.05) is 18.2 Å². The van der Waals surface area contributed by atoms with Crippen LogP contribution < -0.4 is 10.6 Å². The monoisotopic (exact) mass is 377 g/mol. The summed E-state index contributed by atoms with van der Waals surface area (Å²) < 4.78 is 0. The molecule has 1 aromatic heterocycles. The maximum absolute atomic E-state index is 9.35. The summed E-state index contributed by atoms with van der Waals surface area (Å²) in [7, 11) is 0. The second-order valence-electron chi connectivity index (χ2n) is 6.45. The average molecular weight is 377 g/mol. The lowest BCUT2D eigenvalue weighted by molar-refractivity contribution is 1.09. The van der Waals surface area contributed by atoms with Crippen molar-refractivity contribution < 1.29 is 0 Å². The normalized spacial score (nSPS) is 10.2. The first-order valence-corrected chi connectivity index (χ1v) is 9.30. The van der Waals surface area contributed by atoms with Gasteiger partial charge >= 0.3 is 0 Å². The van der Waals surface area contributed by atoms with Crippen LogP contribution in [0.15, 0.2) is 91.0 Å². The summed E-state index contributed by atoms with van der Waals surface area (Å²) in [5.41, 5.74) is 4.17. The molecular formula is C24H19N5. The van der Waals surface area contributed by atoms with Crippen molar-refractivity contribution in [3.8, 4) is 17.3 Å². The molecule has 5 nitrogen and oxygen atoms in total. The van der Waals surface area contributed by atoms with Gasteiger partial charge < -0.3 is 10.6 Å². The molecule has 3 aromatic carbocycles. The maximum Gasteiger partial charge on any atom is 0.229 e. The molecule has 0 aliphatic rings. The highest BCUT2D eigenvalue weighted by Crippen LogP contribution is 2.24. The van der Waals surface area contributed by atoms with Crippen molar-refractivity contribution in [2.75, 3.05) is 10.6 Å². The van der Waals surface area contributed by atoms with Gasteiger partial charge in [-0.1, -0.05) is 72.8 Å². The topological polar surface area (TPSA) is 73.6 Å². The van der Waals surface area contributed by atoms with E-state index in [1.807, 2.05) is 72.8 Å². The number of hydrogen-bond donors (Lipinski definition) is 2. The summed E-state index contributed by atoms with van der Waals surface area (Å²) in [6.07, 6.45) is 0. The van der Waals surface area contributed by atoms with Crippen LogP contribution in [0, 0.1) is 11.3 Å². The number of para-hydroxylation sites is 1. The lowest BCUT2D eigenvalue weighted by Gasteiger charge is -2.12. The van der Waals surface area contributed by atoms with Crippen molar-refractivity contribution in [2.45, 2.75) is 6.54 Å². The second-order valence-corrected chi connectivity index (χ2v) is 6.45. The minimum absolute atomic E-state index is 0.435. The van der Waals surface area contributed by atoms with Crippen LogP contribution in [0.3, 0.4) is 0 Å². The van der Waals surface area contributed by atoms with E-state index < -0.39 is 0 Å². The fourth-order valence-electron chi connectivity index (χ4n) is 2.95. The van der Waals surface area contributed by atoms with Crippen LogP contribution in [0.1, 0.15) is 11.1 Å². The Morgan fingerprint density at radius 3 is 2.24 bits per heavy atom. The summed E-state index contributed by atoms with van der Waals surface area (Å²) in [5.74, 6) is 1.14. The quantitative estimate of drug-likeness (QED) is 0.472. The lowest BCUT2D eigenvalue weighted by Crippen LogP contribution is -2.06. The van der Waals surface area contributed by atoms with E-state index in [-0.39, 0.29) is 0 Å². The number of nitriles is 1. The molecular weight excluding hydrogens is 358 g/mol. The van der Waals surface area contributed by atoms with Gasteiger partial charge in [-0.15, -0.1) is 0 Å². The zero-order valence-electron chi connectivity index (χ0n) is 15.7. The molecule has 5 heteroatoms. The number of aromatic nitrogens is 2. The number of hydrogen-bond acceptors (Lipinski definition) is 5. The molecule has 4 aromatic rings. The van der Waals surface area contributed by atoms with Crippen molar-refractivity contribution in [3.05, 3.63) is 102 Å². The standard InChI is InChI=1S/C24H19N5/c25-16-20-13-7-8-14-21(20)27-24-28-22(19-11-5-2-6-12-19)15-23(29-24)26-17-18-9-3-1-4-10-18/h1-15H,17H2,(H2,26,27,28,29). The smallest absolute Gasteiger partial charge is 0.229 e. The van der Waals surface area contributed by atoms with Gasteiger partial charge in [0.15, 0.2) is 0 Å². The third-order valence-electron chi connectivity index (χ3n) is 4.41. The SMILES string of the molecule is N#Cc1ccccc1Nc1nc(NCc2ccccc2)cc(-c2ccccc2)n1. The Labute approximate surface area is 169 Å². The van der Waals surface area contributed by atoms with Gasteiger partial charge in [0.2, 0.25) is 5.95 Å². The van der Waals surface area contributed by atoms with Crippen molar-refractivity contribution in [1.82, 2.24) is 9.97 Å². The van der Waals surface area contributed by atoms with Crippen LogP contribution in [-0.4, -0.2) is 9.97 Å². The van der Waals surface area contributed by atoms with Crippen LogP contribution in [0.5, 0.6) is 0 Å². The molecule has 29 heavy (non-hydrogen) atoms. The summed E-state index contributed by atoms with van der Waals surface area (Å²) in [5, 5.41) is 15.9. The molecule has 4 rings (SSSR count). The predicted molar refractivity (Wildman–Crippen MR) is 116 cm³/mol. The Balaban J connectivity index is 1.67. The first-order chi connectivity index (χ1) is 14.3. The number of nitrogens with one attached hydrogen (secondary N) is 2. The molecule has 0 aliphatic carbocycles. The largest absolute Gasteiger partial charge is 0.366 e. The predicted octanol–water partition coefficient (Wildman–Crippen LogP) is 5.37. The molecule has 0 spiro atoms. The van der Waals surface area contributed by atoms with Crippen LogP contribution in [-0.2, 0) is 6.54 Å². The molecule has 0 saturated carbocycles. The van der Waals surface area contributed by atoms with E-state index >= 15 is 0 Å². The van der Waals surface area contributed by atoms with E-state index in [1.54, 1.807) is 6.07 Å². The molecule has 0 atom stereocenters. The Morgan fingerprint density at radius 2 is 1.48 bits per heavy atom. The van der Waals surface area contributed by atoms with Crippen LogP contribution in [0.4, 0.5) is 17.5 Å². The Morgan fingerprint density at radius 1 is 0.793 bits per heavy atom. The fraction of sp³-hybridized carbons (Fsp3) is 0.0417. The van der Waals surface area contributed by atoms with E-state index in [0.29, 0.717) is 29.6 Å². The number of nitrogens with zero attached hydrogens (tertiary/aromatic N) is 3. The van der Waals surface area contributed by atoms with Crippen molar-refractivity contribution in [2.24, 2.45) is 0 Å². The van der Waals surface area contributed by atoms with E-state index in [4.69, 9.17) is 0 Å². The molecule has 0 saturated heterocycles. The highest BCUT2D eigenvalue weighted by Gasteiger charge is 2.09. The molecule has 0 unspecified atom stereocenters. The van der Waals surface area contributed by atoms with Gasteiger partial charge in [-0.2, -0.15) is 10.2 Å². The van der Waals surface area contributed by atoms with Crippen molar-refractivity contribution in [1.29, 1.82) is 5.26 Å². The molecule has 0 amide bonds. The van der Waals surface area contributed by atoms with Crippen molar-refractivity contribution >= 4 is 17.5 Å². The zero-order valence-corrected chi connectivity index (χ0v) is 15.7. The molecule has 0 aliphatic heterocycles. The molecule has 140 valence electrons. The fourth-order valence-corrected chi connectivity index (χ4v) is 2.95. The van der Waals surface area contributed by atoms with E-state index in [0.717, 1.165) is 16.8 Å². The molecule has 1 heterocycles. The molecule has 0 fully saturated rings. The average Bonchev–Trinajstić information content (AvgIpc) is 2.79. The zero-order chi connectivity index (χ0) is 19.9. The van der Waals surface area contributed by atoms with E-state index in [9.17, 15) is 5.26 Å². The van der Waals surface area contributed by atoms with E-state index in [2.05, 4.69) is 38.8 Å². The van der Waals surface area contributed by atoms with Gasteiger partial charge in [0.05, 0.1) is 16.9 Å². The second kappa shape index (κ2) is 8.68. The minimum atomic E-state index is 0.435. The van der Waals surface area contributed by atoms with Gasteiger partial charge in [-0.3, -0.25) is 0 Å². The van der Waals surface area contributed by atoms with Gasteiger partial charge in [-0.25, -0.2) is 4.98 Å². The van der Waals surface area contributed by atoms with Crippen molar-refractivity contribution in [3.63, 3.8) is 0 Å². The van der Waals surface area contributed by atoms with E-state index in [1.165, 1.54) is 0 Å². The highest BCUT2D eigenvalue weighted by molar-refractivity contribution is 5.68. The Kier molecular flexibility index (Phi) is 5.45. The Hall–Kier alpha value is -4.17. The summed E-state index contributed by atoms with van der Waals surface area (Å²) in [4.78, 5) is 9.26. The molecule has 2 N–H and O–H groups in total. The molecule has 0 bridgehead atoms. The van der Waals surface area contributed by atoms with Gasteiger partial charge in [0.1, 0.15) is 11.9 Å². The third-order valence-corrected chi connectivity index (χ3v) is 4.41. The summed E-state index contributed by atoms with van der Waals surface area (Å²) in [6.45, 7) is 0.653. The first kappa shape index (κ1) is 18.2. The lowest BCUT2D eigenvalue weighted by atomic mass is 10.1. The number of benzene rings is 3.